The minimum Gasteiger partial charge on any atom is -0.373 e. The van der Waals surface area contributed by atoms with Gasteiger partial charge in [-0.05, 0) is 37.1 Å². The van der Waals surface area contributed by atoms with Crippen molar-refractivity contribution in [3.8, 4) is 0 Å². The van der Waals surface area contributed by atoms with Gasteiger partial charge in [-0.3, -0.25) is 4.79 Å². The molecule has 1 fully saturated rings. The lowest BCUT2D eigenvalue weighted by Gasteiger charge is -2.14. The number of aromatic nitrogens is 1. The number of carbonyl (C=O) groups excluding carboxylic acids is 1. The Hall–Kier alpha value is -1.76. The summed E-state index contributed by atoms with van der Waals surface area (Å²) in [5.41, 5.74) is 0.996. The first-order valence-electron chi connectivity index (χ1n) is 8.02. The molecule has 4 rings (SSSR count). The molecule has 0 N–H and O–H groups in total. The topological polar surface area (TPSA) is 42.4 Å². The average Bonchev–Trinajstić information content (AvgIpc) is 3.32. The Bertz CT molecular complexity index is 832. The van der Waals surface area contributed by atoms with E-state index in [9.17, 15) is 4.79 Å². The number of nitrogens with zero attached hydrogens (tertiary/aromatic N) is 2. The highest BCUT2D eigenvalue weighted by atomic mass is 32.1. The number of rotatable bonds is 4. The van der Waals surface area contributed by atoms with E-state index in [2.05, 4.69) is 11.1 Å². The molecule has 0 unspecified atom stereocenters. The van der Waals surface area contributed by atoms with Crippen LogP contribution in [0.1, 0.15) is 38.5 Å². The first kappa shape index (κ1) is 15.7. The number of thiophene rings is 1. The molecule has 3 aromatic rings. The second-order valence-electron chi connectivity index (χ2n) is 5.94. The van der Waals surface area contributed by atoms with Crippen molar-refractivity contribution in [1.82, 2.24) is 9.88 Å². The molecule has 1 aliphatic rings. The van der Waals surface area contributed by atoms with Gasteiger partial charge in [0.2, 0.25) is 0 Å². The number of hydrogen-bond acceptors (Lipinski definition) is 5. The van der Waals surface area contributed by atoms with E-state index in [1.54, 1.807) is 27.6 Å². The third kappa shape index (κ3) is 3.09. The number of para-hydroxylation sites is 1. The zero-order valence-corrected chi connectivity index (χ0v) is 15.0. The number of benzene rings is 1. The maximum Gasteiger partial charge on any atom is 0.264 e. The molecule has 3 heterocycles. The monoisotopic (exact) mass is 358 g/mol. The quantitative estimate of drug-likeness (QED) is 0.690. The average molecular weight is 358 g/mol. The number of thiazole rings is 1. The smallest absolute Gasteiger partial charge is 0.264 e. The van der Waals surface area contributed by atoms with E-state index in [0.717, 1.165) is 44.4 Å². The molecular weight excluding hydrogens is 340 g/mol. The minimum atomic E-state index is 0.0449. The summed E-state index contributed by atoms with van der Waals surface area (Å²) in [5.74, 6) is 0.0449. The molecule has 0 saturated carbocycles. The summed E-state index contributed by atoms with van der Waals surface area (Å²) in [5, 5.41) is 0.961. The number of amides is 1. The molecule has 124 valence electrons. The highest BCUT2D eigenvalue weighted by molar-refractivity contribution is 7.18. The van der Waals surface area contributed by atoms with E-state index in [-0.39, 0.29) is 12.0 Å². The van der Waals surface area contributed by atoms with Crippen molar-refractivity contribution < 1.29 is 9.53 Å². The van der Waals surface area contributed by atoms with Gasteiger partial charge >= 0.3 is 0 Å². The number of ether oxygens (including phenoxy) is 1. The summed E-state index contributed by atoms with van der Waals surface area (Å²) in [6.45, 7) is 1.36. The number of hydrogen-bond donors (Lipinski definition) is 0. The Kier molecular flexibility index (Phi) is 4.35. The van der Waals surface area contributed by atoms with Crippen molar-refractivity contribution in [1.29, 1.82) is 0 Å². The van der Waals surface area contributed by atoms with E-state index < -0.39 is 0 Å². The van der Waals surface area contributed by atoms with Crippen LogP contribution in [0.2, 0.25) is 0 Å². The van der Waals surface area contributed by atoms with E-state index in [4.69, 9.17) is 4.74 Å². The van der Waals surface area contributed by atoms with Crippen molar-refractivity contribution >= 4 is 38.8 Å². The van der Waals surface area contributed by atoms with Crippen LogP contribution in [0.25, 0.3) is 10.2 Å². The van der Waals surface area contributed by atoms with Gasteiger partial charge in [0.1, 0.15) is 5.01 Å². The van der Waals surface area contributed by atoms with Crippen LogP contribution in [-0.4, -0.2) is 29.4 Å². The van der Waals surface area contributed by atoms with E-state index in [1.807, 2.05) is 37.4 Å². The van der Waals surface area contributed by atoms with Gasteiger partial charge in [0.05, 0.1) is 27.7 Å². The standard InChI is InChI=1S/C18H18N2O2S2/c1-20(11-17-19-12-5-2-3-7-14(12)24-17)18(21)16-9-8-15(23-16)13-6-4-10-22-13/h2-3,5,7-9,13H,4,6,10-11H2,1H3/t13-/m0/s1. The fourth-order valence-corrected chi connectivity index (χ4v) is 5.00. The molecule has 0 aliphatic carbocycles. The summed E-state index contributed by atoms with van der Waals surface area (Å²) in [6, 6.07) is 12.0. The summed E-state index contributed by atoms with van der Waals surface area (Å²) in [6.07, 6.45) is 2.32. The molecule has 1 saturated heterocycles. The van der Waals surface area contributed by atoms with Gasteiger partial charge in [-0.15, -0.1) is 22.7 Å². The Morgan fingerprint density at radius 3 is 2.96 bits per heavy atom. The summed E-state index contributed by atoms with van der Waals surface area (Å²) < 4.78 is 6.86. The van der Waals surface area contributed by atoms with Crippen molar-refractivity contribution in [3.05, 3.63) is 51.2 Å². The van der Waals surface area contributed by atoms with Crippen molar-refractivity contribution in [3.63, 3.8) is 0 Å². The molecule has 24 heavy (non-hydrogen) atoms. The lowest BCUT2D eigenvalue weighted by atomic mass is 10.2. The van der Waals surface area contributed by atoms with Crippen LogP contribution in [0.3, 0.4) is 0 Å². The second kappa shape index (κ2) is 6.63. The third-order valence-electron chi connectivity index (χ3n) is 4.14. The van der Waals surface area contributed by atoms with Crippen LogP contribution < -0.4 is 0 Å². The van der Waals surface area contributed by atoms with Crippen molar-refractivity contribution in [2.24, 2.45) is 0 Å². The van der Waals surface area contributed by atoms with Crippen LogP contribution in [0.5, 0.6) is 0 Å². The molecule has 0 radical (unpaired) electrons. The Labute approximate surface area is 148 Å². The van der Waals surface area contributed by atoms with Crippen molar-refractivity contribution in [2.75, 3.05) is 13.7 Å². The zero-order valence-electron chi connectivity index (χ0n) is 13.4. The maximum atomic E-state index is 12.7. The summed E-state index contributed by atoms with van der Waals surface area (Å²) in [4.78, 5) is 20.9. The Balaban J connectivity index is 1.47. The molecular formula is C18H18N2O2S2. The van der Waals surface area contributed by atoms with Crippen molar-refractivity contribution in [2.45, 2.75) is 25.5 Å². The predicted molar refractivity (Wildman–Crippen MR) is 97.7 cm³/mol. The molecule has 1 atom stereocenters. The third-order valence-corrected chi connectivity index (χ3v) is 6.33. The highest BCUT2D eigenvalue weighted by Crippen LogP contribution is 2.33. The van der Waals surface area contributed by atoms with Crippen LogP contribution in [0.4, 0.5) is 0 Å². The predicted octanol–water partition coefficient (Wildman–Crippen LogP) is 4.48. The Morgan fingerprint density at radius 2 is 2.17 bits per heavy atom. The number of carbonyl (C=O) groups is 1. The molecule has 1 aromatic carbocycles. The van der Waals surface area contributed by atoms with E-state index >= 15 is 0 Å². The number of fused-ring (bicyclic) bond motifs is 1. The van der Waals surface area contributed by atoms with Crippen LogP contribution in [-0.2, 0) is 11.3 Å². The molecule has 0 bridgehead atoms. The minimum absolute atomic E-state index is 0.0449. The highest BCUT2D eigenvalue weighted by Gasteiger charge is 2.22. The molecule has 1 amide bonds. The van der Waals surface area contributed by atoms with Gasteiger partial charge in [0.25, 0.3) is 5.91 Å². The van der Waals surface area contributed by atoms with E-state index in [1.165, 1.54) is 0 Å². The second-order valence-corrected chi connectivity index (χ2v) is 8.17. The first-order valence-corrected chi connectivity index (χ1v) is 9.65. The summed E-state index contributed by atoms with van der Waals surface area (Å²) in [7, 11) is 1.83. The van der Waals surface area contributed by atoms with Gasteiger partial charge in [-0.2, -0.15) is 0 Å². The maximum absolute atomic E-state index is 12.7. The largest absolute Gasteiger partial charge is 0.373 e. The van der Waals surface area contributed by atoms with Crippen LogP contribution >= 0.6 is 22.7 Å². The normalized spacial score (nSPS) is 17.5. The molecule has 1 aliphatic heterocycles. The lowest BCUT2D eigenvalue weighted by molar-refractivity contribution is 0.0790. The van der Waals surface area contributed by atoms with Gasteiger partial charge in [0.15, 0.2) is 0 Å². The molecule has 6 heteroatoms. The zero-order chi connectivity index (χ0) is 16.5. The lowest BCUT2D eigenvalue weighted by Crippen LogP contribution is -2.25. The van der Waals surface area contributed by atoms with Gasteiger partial charge in [0, 0.05) is 18.5 Å². The van der Waals surface area contributed by atoms with Crippen LogP contribution in [0, 0.1) is 0 Å². The molecule has 0 spiro atoms. The molecule has 2 aromatic heterocycles. The van der Waals surface area contributed by atoms with Gasteiger partial charge < -0.3 is 9.64 Å². The van der Waals surface area contributed by atoms with Gasteiger partial charge in [-0.1, -0.05) is 12.1 Å². The summed E-state index contributed by atoms with van der Waals surface area (Å²) >= 11 is 3.19. The fraction of sp³-hybridized carbons (Fsp3) is 0.333. The van der Waals surface area contributed by atoms with Gasteiger partial charge in [-0.25, -0.2) is 4.98 Å². The fourth-order valence-electron chi connectivity index (χ4n) is 2.89. The van der Waals surface area contributed by atoms with Crippen LogP contribution in [0.15, 0.2) is 36.4 Å². The SMILES string of the molecule is CN(Cc1nc2ccccc2s1)C(=O)c1ccc([C@@H]2CCCO2)s1. The van der Waals surface area contributed by atoms with E-state index in [0.29, 0.717) is 6.54 Å². The Morgan fingerprint density at radius 1 is 1.29 bits per heavy atom. The molecule has 4 nitrogen and oxygen atoms in total. The first-order chi connectivity index (χ1) is 11.7.